The molecule has 0 atom stereocenters. The fourth-order valence-electron chi connectivity index (χ4n) is 2.16. The van der Waals surface area contributed by atoms with Gasteiger partial charge in [-0.2, -0.15) is 4.31 Å². The molecule has 0 saturated carbocycles. The zero-order chi connectivity index (χ0) is 17.4. The van der Waals surface area contributed by atoms with Crippen LogP contribution < -0.4 is 0 Å². The summed E-state index contributed by atoms with van der Waals surface area (Å²) in [6.07, 6.45) is 8.76. The third kappa shape index (κ3) is 4.96. The normalized spacial score (nSPS) is 11.3. The lowest BCUT2D eigenvalue weighted by molar-refractivity contribution is 0.435. The Morgan fingerprint density at radius 3 is 2.54 bits per heavy atom. The minimum atomic E-state index is -3.58. The third-order valence-electron chi connectivity index (χ3n) is 3.56. The van der Waals surface area contributed by atoms with Crippen molar-refractivity contribution in [1.29, 1.82) is 0 Å². The molecule has 0 aliphatic carbocycles. The van der Waals surface area contributed by atoms with Gasteiger partial charge in [0.05, 0.1) is 17.4 Å². The molecule has 2 rings (SSSR count). The zero-order valence-electron chi connectivity index (χ0n) is 14.1. The Bertz CT molecular complexity index is 784. The van der Waals surface area contributed by atoms with E-state index < -0.39 is 10.0 Å². The van der Waals surface area contributed by atoms with Crippen LogP contribution in [0.1, 0.15) is 30.9 Å². The largest absolute Gasteiger partial charge is 0.472 e. The SMILES string of the molecule is CCCC=C=CCN(Cc1ccoc1)S(=O)(=O)c1ccc(C)cc1. The predicted molar refractivity (Wildman–Crippen MR) is 95.0 cm³/mol. The van der Waals surface area contributed by atoms with Gasteiger partial charge in [0.2, 0.25) is 10.0 Å². The maximum absolute atomic E-state index is 12.9. The molecule has 0 saturated heterocycles. The van der Waals surface area contributed by atoms with Crippen LogP contribution in [-0.4, -0.2) is 19.3 Å². The molecule has 1 aromatic heterocycles. The van der Waals surface area contributed by atoms with Crippen molar-refractivity contribution in [2.75, 3.05) is 6.54 Å². The molecule has 128 valence electrons. The maximum atomic E-state index is 12.9. The predicted octanol–water partition coefficient (Wildman–Crippen LogP) is 4.29. The minimum absolute atomic E-state index is 0.263. The standard InChI is InChI=1S/C19H23NO3S/c1-3-4-5-6-7-13-20(15-18-12-14-23-16-18)24(21,22)19-10-8-17(2)9-11-19/h5,7-12,14,16H,3-4,13,15H2,1-2H3. The fourth-order valence-corrected chi connectivity index (χ4v) is 3.53. The van der Waals surface area contributed by atoms with Gasteiger partial charge in [0.15, 0.2) is 0 Å². The number of furan rings is 1. The van der Waals surface area contributed by atoms with Gasteiger partial charge in [-0.15, -0.1) is 5.73 Å². The highest BCUT2D eigenvalue weighted by Crippen LogP contribution is 2.19. The minimum Gasteiger partial charge on any atom is -0.472 e. The van der Waals surface area contributed by atoms with Gasteiger partial charge in [-0.3, -0.25) is 0 Å². The number of unbranched alkanes of at least 4 members (excludes halogenated alkanes) is 1. The van der Waals surface area contributed by atoms with Gasteiger partial charge in [0, 0.05) is 18.7 Å². The number of aryl methyl sites for hydroxylation is 1. The molecule has 1 heterocycles. The molecule has 24 heavy (non-hydrogen) atoms. The van der Waals surface area contributed by atoms with Crippen molar-refractivity contribution in [3.63, 3.8) is 0 Å². The molecule has 0 aliphatic rings. The van der Waals surface area contributed by atoms with Gasteiger partial charge in [0.1, 0.15) is 0 Å². The number of hydrogen-bond donors (Lipinski definition) is 0. The Morgan fingerprint density at radius 1 is 1.17 bits per heavy atom. The smallest absolute Gasteiger partial charge is 0.243 e. The Morgan fingerprint density at radius 2 is 1.92 bits per heavy atom. The fraction of sp³-hybridized carbons (Fsp3) is 0.316. The molecule has 0 spiro atoms. The van der Waals surface area contributed by atoms with E-state index in [0.29, 0.717) is 4.90 Å². The van der Waals surface area contributed by atoms with E-state index >= 15 is 0 Å². The molecule has 1 aromatic carbocycles. The van der Waals surface area contributed by atoms with E-state index in [4.69, 9.17) is 4.42 Å². The van der Waals surface area contributed by atoms with Crippen LogP contribution in [0.15, 0.2) is 70.1 Å². The molecule has 4 nitrogen and oxygen atoms in total. The molecular weight excluding hydrogens is 322 g/mol. The van der Waals surface area contributed by atoms with Crippen LogP contribution in [0.3, 0.4) is 0 Å². The molecule has 5 heteroatoms. The first-order valence-electron chi connectivity index (χ1n) is 8.01. The summed E-state index contributed by atoms with van der Waals surface area (Å²) in [4.78, 5) is 0.294. The van der Waals surface area contributed by atoms with E-state index in [1.54, 1.807) is 48.9 Å². The summed E-state index contributed by atoms with van der Waals surface area (Å²) in [6, 6.07) is 8.67. The zero-order valence-corrected chi connectivity index (χ0v) is 14.9. The second-order valence-corrected chi connectivity index (χ2v) is 7.54. The van der Waals surface area contributed by atoms with Crippen molar-refractivity contribution in [2.24, 2.45) is 0 Å². The Labute approximate surface area is 144 Å². The monoisotopic (exact) mass is 345 g/mol. The average molecular weight is 345 g/mol. The highest BCUT2D eigenvalue weighted by atomic mass is 32.2. The van der Waals surface area contributed by atoms with Crippen molar-refractivity contribution in [2.45, 2.75) is 38.1 Å². The van der Waals surface area contributed by atoms with Crippen LogP contribution in [0.25, 0.3) is 0 Å². The molecule has 0 unspecified atom stereocenters. The summed E-state index contributed by atoms with van der Waals surface area (Å²) in [5.41, 5.74) is 4.89. The number of benzene rings is 1. The van der Waals surface area contributed by atoms with Crippen LogP contribution in [0, 0.1) is 6.92 Å². The van der Waals surface area contributed by atoms with Gasteiger partial charge >= 0.3 is 0 Å². The van der Waals surface area contributed by atoms with E-state index in [1.165, 1.54) is 4.31 Å². The summed E-state index contributed by atoms with van der Waals surface area (Å²) in [5.74, 6) is 0. The van der Waals surface area contributed by atoms with Crippen molar-refractivity contribution >= 4 is 10.0 Å². The lowest BCUT2D eigenvalue weighted by Gasteiger charge is -2.20. The summed E-state index contributed by atoms with van der Waals surface area (Å²) < 4.78 is 32.3. The molecule has 0 amide bonds. The van der Waals surface area contributed by atoms with E-state index in [1.807, 2.05) is 13.0 Å². The van der Waals surface area contributed by atoms with Crippen LogP contribution in [-0.2, 0) is 16.6 Å². The van der Waals surface area contributed by atoms with Gasteiger partial charge in [-0.25, -0.2) is 8.42 Å². The van der Waals surface area contributed by atoms with Crippen molar-refractivity contribution in [3.05, 3.63) is 71.9 Å². The molecular formula is C19H23NO3S. The van der Waals surface area contributed by atoms with Gasteiger partial charge in [-0.1, -0.05) is 31.0 Å². The summed E-state index contributed by atoms with van der Waals surface area (Å²) >= 11 is 0. The summed E-state index contributed by atoms with van der Waals surface area (Å²) in [5, 5.41) is 0. The Hall–Kier alpha value is -2.07. The molecule has 0 bridgehead atoms. The first kappa shape index (κ1) is 18.3. The maximum Gasteiger partial charge on any atom is 0.243 e. The number of rotatable bonds is 8. The lowest BCUT2D eigenvalue weighted by Crippen LogP contribution is -2.30. The van der Waals surface area contributed by atoms with Crippen LogP contribution in [0.5, 0.6) is 0 Å². The van der Waals surface area contributed by atoms with Crippen molar-refractivity contribution < 1.29 is 12.8 Å². The highest BCUT2D eigenvalue weighted by Gasteiger charge is 2.23. The Kier molecular flexibility index (Phi) is 6.62. The number of hydrogen-bond acceptors (Lipinski definition) is 3. The summed E-state index contributed by atoms with van der Waals surface area (Å²) in [7, 11) is -3.58. The quantitative estimate of drug-likeness (QED) is 0.671. The molecule has 2 aromatic rings. The van der Waals surface area contributed by atoms with E-state index in [9.17, 15) is 8.42 Å². The van der Waals surface area contributed by atoms with Crippen LogP contribution in [0.4, 0.5) is 0 Å². The van der Waals surface area contributed by atoms with Crippen molar-refractivity contribution in [1.82, 2.24) is 4.31 Å². The first-order valence-corrected chi connectivity index (χ1v) is 9.45. The molecule has 0 radical (unpaired) electrons. The van der Waals surface area contributed by atoms with Crippen molar-refractivity contribution in [3.8, 4) is 0 Å². The van der Waals surface area contributed by atoms with E-state index in [0.717, 1.165) is 24.0 Å². The second kappa shape index (κ2) is 8.69. The van der Waals surface area contributed by atoms with Gasteiger partial charge < -0.3 is 4.42 Å². The Balaban J connectivity index is 2.26. The van der Waals surface area contributed by atoms with Crippen LogP contribution >= 0.6 is 0 Å². The van der Waals surface area contributed by atoms with Gasteiger partial charge in [0.25, 0.3) is 0 Å². The number of sulfonamides is 1. The van der Waals surface area contributed by atoms with E-state index in [2.05, 4.69) is 12.7 Å². The second-order valence-electron chi connectivity index (χ2n) is 5.61. The number of nitrogens with zero attached hydrogens (tertiary/aromatic N) is 1. The first-order chi connectivity index (χ1) is 11.5. The van der Waals surface area contributed by atoms with E-state index in [-0.39, 0.29) is 13.1 Å². The molecule has 0 aliphatic heterocycles. The summed E-state index contributed by atoms with van der Waals surface area (Å²) in [6.45, 7) is 4.55. The van der Waals surface area contributed by atoms with Gasteiger partial charge in [-0.05, 0) is 43.7 Å². The lowest BCUT2D eigenvalue weighted by atomic mass is 10.2. The average Bonchev–Trinajstić information content (AvgIpc) is 3.07. The topological polar surface area (TPSA) is 50.5 Å². The third-order valence-corrected chi connectivity index (χ3v) is 5.39. The molecule has 0 N–H and O–H groups in total. The highest BCUT2D eigenvalue weighted by molar-refractivity contribution is 7.89. The van der Waals surface area contributed by atoms with Crippen LogP contribution in [0.2, 0.25) is 0 Å². The molecule has 0 fully saturated rings.